The van der Waals surface area contributed by atoms with Gasteiger partial charge in [0.2, 0.25) is 10.0 Å². The third-order valence-electron chi connectivity index (χ3n) is 3.45. The molecule has 1 aromatic carbocycles. The van der Waals surface area contributed by atoms with Gasteiger partial charge in [-0.2, -0.15) is 9.57 Å². The van der Waals surface area contributed by atoms with Crippen LogP contribution in [-0.4, -0.2) is 29.2 Å². The van der Waals surface area contributed by atoms with Gasteiger partial charge in [0.1, 0.15) is 12.4 Å². The molecule has 0 aliphatic carbocycles. The lowest BCUT2D eigenvalue weighted by molar-refractivity contribution is 0.386. The van der Waals surface area contributed by atoms with Crippen LogP contribution < -0.4 is 0 Å². The van der Waals surface area contributed by atoms with Gasteiger partial charge in [-0.25, -0.2) is 18.4 Å². The Morgan fingerprint density at radius 3 is 2.90 bits per heavy atom. The second-order valence-corrected chi connectivity index (χ2v) is 6.60. The van der Waals surface area contributed by atoms with Crippen LogP contribution in [0.3, 0.4) is 0 Å². The minimum atomic E-state index is -3.69. The molecule has 7 heteroatoms. The number of benzene rings is 1. The molecule has 1 aliphatic heterocycles. The molecular weight excluding hydrogens is 288 g/mol. The van der Waals surface area contributed by atoms with E-state index < -0.39 is 10.0 Å². The number of rotatable bonds is 2. The zero-order valence-corrected chi connectivity index (χ0v) is 11.9. The van der Waals surface area contributed by atoms with E-state index in [1.54, 1.807) is 18.3 Å². The van der Waals surface area contributed by atoms with Crippen molar-refractivity contribution in [1.29, 1.82) is 5.26 Å². The number of hydrogen-bond donors (Lipinski definition) is 0. The Labute approximate surface area is 122 Å². The Balaban J connectivity index is 2.00. The maximum absolute atomic E-state index is 12.7. The van der Waals surface area contributed by atoms with Crippen molar-refractivity contribution in [1.82, 2.24) is 14.3 Å². The number of sulfonamides is 1. The van der Waals surface area contributed by atoms with Crippen LogP contribution in [0.4, 0.5) is 0 Å². The molecule has 0 fully saturated rings. The monoisotopic (exact) mass is 300 g/mol. The Morgan fingerprint density at radius 1 is 1.29 bits per heavy atom. The summed E-state index contributed by atoms with van der Waals surface area (Å²) in [5, 5.41) is 9.08. The second kappa shape index (κ2) is 5.24. The van der Waals surface area contributed by atoms with Crippen molar-refractivity contribution in [3.8, 4) is 6.07 Å². The summed E-state index contributed by atoms with van der Waals surface area (Å²) in [5.74, 6) is 0. The van der Waals surface area contributed by atoms with E-state index in [9.17, 15) is 8.42 Å². The molecule has 0 N–H and O–H groups in total. The van der Waals surface area contributed by atoms with Crippen LogP contribution in [0.25, 0.3) is 0 Å². The predicted molar refractivity (Wildman–Crippen MR) is 74.5 cm³/mol. The van der Waals surface area contributed by atoms with Crippen LogP contribution in [0.5, 0.6) is 0 Å². The lowest BCUT2D eigenvalue weighted by Crippen LogP contribution is -2.36. The van der Waals surface area contributed by atoms with Gasteiger partial charge in [-0.3, -0.25) is 0 Å². The van der Waals surface area contributed by atoms with Crippen LogP contribution in [0, 0.1) is 11.3 Å². The molecule has 1 aliphatic rings. The highest BCUT2D eigenvalue weighted by Crippen LogP contribution is 2.25. The largest absolute Gasteiger partial charge is 0.244 e. The van der Waals surface area contributed by atoms with Gasteiger partial charge < -0.3 is 0 Å². The summed E-state index contributed by atoms with van der Waals surface area (Å²) in [7, 11) is -3.69. The van der Waals surface area contributed by atoms with Gasteiger partial charge in [0.05, 0.1) is 10.5 Å². The maximum atomic E-state index is 12.7. The first-order valence-corrected chi connectivity index (χ1v) is 7.84. The zero-order chi connectivity index (χ0) is 14.9. The van der Waals surface area contributed by atoms with Crippen molar-refractivity contribution >= 4 is 10.0 Å². The fourth-order valence-corrected chi connectivity index (χ4v) is 3.93. The molecule has 6 nitrogen and oxygen atoms in total. The molecule has 0 bridgehead atoms. The number of aromatic nitrogens is 2. The molecule has 106 valence electrons. The van der Waals surface area contributed by atoms with E-state index >= 15 is 0 Å². The van der Waals surface area contributed by atoms with Crippen molar-refractivity contribution < 1.29 is 8.42 Å². The summed E-state index contributed by atoms with van der Waals surface area (Å²) < 4.78 is 26.8. The summed E-state index contributed by atoms with van der Waals surface area (Å²) in [5.41, 5.74) is 1.85. The van der Waals surface area contributed by atoms with Crippen molar-refractivity contribution in [2.24, 2.45) is 0 Å². The number of hydrogen-bond acceptors (Lipinski definition) is 5. The minimum Gasteiger partial charge on any atom is -0.244 e. The molecule has 0 saturated heterocycles. The molecular formula is C14H12N4O2S. The van der Waals surface area contributed by atoms with Gasteiger partial charge >= 0.3 is 0 Å². The first-order chi connectivity index (χ1) is 10.1. The van der Waals surface area contributed by atoms with Gasteiger partial charge in [-0.1, -0.05) is 12.1 Å². The van der Waals surface area contributed by atoms with E-state index in [2.05, 4.69) is 9.97 Å². The zero-order valence-electron chi connectivity index (χ0n) is 11.1. The predicted octanol–water partition coefficient (Wildman–Crippen LogP) is 1.10. The number of nitriles is 1. The molecule has 0 radical (unpaired) electrons. The topological polar surface area (TPSA) is 87.0 Å². The van der Waals surface area contributed by atoms with Crippen molar-refractivity contribution in [3.05, 3.63) is 53.6 Å². The highest BCUT2D eigenvalue weighted by molar-refractivity contribution is 7.89. The van der Waals surface area contributed by atoms with Crippen LogP contribution in [0.15, 0.2) is 41.7 Å². The van der Waals surface area contributed by atoms with Crippen molar-refractivity contribution in [2.45, 2.75) is 17.9 Å². The third kappa shape index (κ3) is 2.39. The van der Waals surface area contributed by atoms with E-state index in [-0.39, 0.29) is 17.0 Å². The van der Waals surface area contributed by atoms with Crippen molar-refractivity contribution in [2.75, 3.05) is 6.54 Å². The summed E-state index contributed by atoms with van der Waals surface area (Å²) in [6.45, 7) is 0.588. The molecule has 2 heterocycles. The third-order valence-corrected chi connectivity index (χ3v) is 5.35. The molecule has 0 spiro atoms. The Bertz CT molecular complexity index is 827. The average Bonchev–Trinajstić information content (AvgIpc) is 2.54. The van der Waals surface area contributed by atoms with Crippen LogP contribution >= 0.6 is 0 Å². The maximum Gasteiger partial charge on any atom is 0.244 e. The second-order valence-electron chi connectivity index (χ2n) is 4.69. The molecule has 21 heavy (non-hydrogen) atoms. The fraction of sp³-hybridized carbons (Fsp3) is 0.214. The minimum absolute atomic E-state index is 0.0489. The SMILES string of the molecule is N#Cc1ccccc1S(=O)(=O)N1CCc2ncncc2C1. The van der Waals surface area contributed by atoms with Crippen LogP contribution in [0.1, 0.15) is 16.8 Å². The van der Waals surface area contributed by atoms with Gasteiger partial charge in [-0.05, 0) is 12.1 Å². The number of nitrogens with zero attached hydrogens (tertiary/aromatic N) is 4. The fourth-order valence-electron chi connectivity index (χ4n) is 2.37. The Hall–Kier alpha value is -2.30. The van der Waals surface area contributed by atoms with E-state index in [0.717, 1.165) is 11.3 Å². The molecule has 3 rings (SSSR count). The standard InChI is InChI=1S/C14H12N4O2S/c15-7-11-3-1-2-4-14(11)21(19,20)18-6-5-13-12(9-18)8-16-10-17-13/h1-4,8,10H,5-6,9H2. The summed E-state index contributed by atoms with van der Waals surface area (Å²) >= 11 is 0. The summed E-state index contributed by atoms with van der Waals surface area (Å²) in [6, 6.07) is 8.17. The summed E-state index contributed by atoms with van der Waals surface area (Å²) in [4.78, 5) is 8.14. The smallest absolute Gasteiger partial charge is 0.244 e. The quantitative estimate of drug-likeness (QED) is 0.828. The van der Waals surface area contributed by atoms with Gasteiger partial charge in [0.15, 0.2) is 0 Å². The first kappa shape index (κ1) is 13.7. The van der Waals surface area contributed by atoms with Gasteiger partial charge in [0.25, 0.3) is 0 Å². The molecule has 1 aromatic heterocycles. The number of fused-ring (bicyclic) bond motifs is 1. The molecule has 0 amide bonds. The summed E-state index contributed by atoms with van der Waals surface area (Å²) in [6.07, 6.45) is 3.65. The van der Waals surface area contributed by atoms with Crippen LogP contribution in [0.2, 0.25) is 0 Å². The lowest BCUT2D eigenvalue weighted by Gasteiger charge is -2.27. The van der Waals surface area contributed by atoms with Crippen molar-refractivity contribution in [3.63, 3.8) is 0 Å². The van der Waals surface area contributed by atoms with E-state index in [4.69, 9.17) is 5.26 Å². The molecule has 2 aromatic rings. The van der Waals surface area contributed by atoms with E-state index in [1.165, 1.54) is 22.8 Å². The Morgan fingerprint density at radius 2 is 2.10 bits per heavy atom. The van der Waals surface area contributed by atoms with Crippen LogP contribution in [-0.2, 0) is 23.0 Å². The molecule has 0 saturated carbocycles. The first-order valence-electron chi connectivity index (χ1n) is 6.40. The van der Waals surface area contributed by atoms with E-state index in [1.807, 2.05) is 6.07 Å². The molecule has 0 unspecified atom stereocenters. The van der Waals surface area contributed by atoms with Gasteiger partial charge in [-0.15, -0.1) is 0 Å². The normalized spacial score (nSPS) is 15.2. The average molecular weight is 300 g/mol. The highest BCUT2D eigenvalue weighted by Gasteiger charge is 2.30. The Kier molecular flexibility index (Phi) is 3.41. The van der Waals surface area contributed by atoms with E-state index in [0.29, 0.717) is 13.0 Å². The van der Waals surface area contributed by atoms with Gasteiger partial charge in [0, 0.05) is 37.0 Å². The highest BCUT2D eigenvalue weighted by atomic mass is 32.2. The molecule has 0 atom stereocenters. The lowest BCUT2D eigenvalue weighted by atomic mass is 10.1.